The molecule has 2 fully saturated rings. The van der Waals surface area contributed by atoms with Gasteiger partial charge in [-0.3, -0.25) is 4.79 Å². The largest absolute Gasteiger partial charge is 0.356 e. The highest BCUT2D eigenvalue weighted by atomic mass is 16.5. The van der Waals surface area contributed by atoms with E-state index in [1.807, 2.05) is 36.1 Å². The Kier molecular flexibility index (Phi) is 4.42. The number of piperidine rings is 1. The Morgan fingerprint density at radius 3 is 2.79 bits per heavy atom. The van der Waals surface area contributed by atoms with E-state index in [2.05, 4.69) is 27.3 Å². The Balaban J connectivity index is 1.40. The first-order valence-corrected chi connectivity index (χ1v) is 10.3. The zero-order valence-electron chi connectivity index (χ0n) is 16.5. The van der Waals surface area contributed by atoms with Gasteiger partial charge < -0.3 is 9.42 Å². The second-order valence-corrected chi connectivity index (χ2v) is 8.19. The summed E-state index contributed by atoms with van der Waals surface area (Å²) in [6.07, 6.45) is 7.21. The van der Waals surface area contributed by atoms with Crippen molar-refractivity contribution in [3.8, 4) is 11.3 Å². The van der Waals surface area contributed by atoms with E-state index in [0.717, 1.165) is 54.7 Å². The predicted molar refractivity (Wildman–Crippen MR) is 108 cm³/mol. The van der Waals surface area contributed by atoms with Crippen molar-refractivity contribution < 1.29 is 9.32 Å². The summed E-state index contributed by atoms with van der Waals surface area (Å²) in [5.74, 6) is 1.12. The molecular formula is C23H24N4O2. The Bertz CT molecular complexity index is 1030. The van der Waals surface area contributed by atoms with E-state index in [1.165, 1.54) is 0 Å². The van der Waals surface area contributed by atoms with E-state index < -0.39 is 0 Å². The van der Waals surface area contributed by atoms with Gasteiger partial charge in [-0.25, -0.2) is 9.97 Å². The van der Waals surface area contributed by atoms with Crippen LogP contribution in [0.3, 0.4) is 0 Å². The molecule has 0 bridgehead atoms. The van der Waals surface area contributed by atoms with Crippen LogP contribution in [0.4, 0.5) is 0 Å². The molecule has 1 aromatic carbocycles. The predicted octanol–water partition coefficient (Wildman–Crippen LogP) is 3.88. The Morgan fingerprint density at radius 1 is 1.24 bits per heavy atom. The first-order valence-electron chi connectivity index (χ1n) is 10.3. The first-order chi connectivity index (χ1) is 14.2. The molecule has 29 heavy (non-hydrogen) atoms. The molecule has 0 unspecified atom stereocenters. The fraction of sp³-hybridized carbons (Fsp3) is 0.391. The second-order valence-electron chi connectivity index (χ2n) is 8.19. The zero-order chi connectivity index (χ0) is 19.8. The maximum atomic E-state index is 13.5. The molecule has 148 valence electrons. The van der Waals surface area contributed by atoms with E-state index in [4.69, 9.17) is 4.52 Å². The molecule has 1 atom stereocenters. The molecule has 1 amide bonds. The molecule has 1 aliphatic heterocycles. The fourth-order valence-electron chi connectivity index (χ4n) is 4.54. The maximum absolute atomic E-state index is 13.5. The quantitative estimate of drug-likeness (QED) is 0.678. The van der Waals surface area contributed by atoms with Gasteiger partial charge in [0.15, 0.2) is 5.76 Å². The van der Waals surface area contributed by atoms with Gasteiger partial charge in [0.2, 0.25) is 5.91 Å². The lowest BCUT2D eigenvalue weighted by atomic mass is 9.88. The number of amides is 1. The van der Waals surface area contributed by atoms with Crippen LogP contribution in [0.25, 0.3) is 11.3 Å². The van der Waals surface area contributed by atoms with Gasteiger partial charge in [0.1, 0.15) is 6.33 Å². The minimum absolute atomic E-state index is 0.169. The number of hydrogen-bond acceptors (Lipinski definition) is 5. The summed E-state index contributed by atoms with van der Waals surface area (Å²) in [4.78, 5) is 24.3. The van der Waals surface area contributed by atoms with Crippen LogP contribution in [0.5, 0.6) is 0 Å². The third kappa shape index (κ3) is 3.22. The number of carbonyl (C=O) groups is 1. The molecule has 3 heterocycles. The topological polar surface area (TPSA) is 72.1 Å². The van der Waals surface area contributed by atoms with Crippen LogP contribution < -0.4 is 0 Å². The van der Waals surface area contributed by atoms with Gasteiger partial charge in [-0.2, -0.15) is 0 Å². The molecule has 0 radical (unpaired) electrons. The minimum atomic E-state index is -0.320. The molecule has 0 spiro atoms. The smallest absolute Gasteiger partial charge is 0.233 e. The molecule has 1 aliphatic carbocycles. The number of rotatable bonds is 4. The number of nitrogens with zero attached hydrogens (tertiary/aromatic N) is 4. The lowest BCUT2D eigenvalue weighted by Crippen LogP contribution is -2.44. The van der Waals surface area contributed by atoms with E-state index in [9.17, 15) is 4.79 Å². The van der Waals surface area contributed by atoms with Crippen LogP contribution in [-0.4, -0.2) is 39.0 Å². The first kappa shape index (κ1) is 18.0. The molecule has 3 aromatic rings. The van der Waals surface area contributed by atoms with Crippen molar-refractivity contribution in [2.24, 2.45) is 0 Å². The summed E-state index contributed by atoms with van der Waals surface area (Å²) in [6.45, 7) is 3.40. The number of hydrogen-bond donors (Lipinski definition) is 0. The van der Waals surface area contributed by atoms with Crippen LogP contribution in [0.1, 0.15) is 48.6 Å². The van der Waals surface area contributed by atoms with Crippen molar-refractivity contribution in [2.45, 2.75) is 43.9 Å². The second kappa shape index (κ2) is 7.10. The molecular weight excluding hydrogens is 364 g/mol. The Hall–Kier alpha value is -3.02. The van der Waals surface area contributed by atoms with E-state index >= 15 is 0 Å². The highest BCUT2D eigenvalue weighted by molar-refractivity contribution is 5.91. The fourth-order valence-corrected chi connectivity index (χ4v) is 4.54. The van der Waals surface area contributed by atoms with Crippen molar-refractivity contribution in [1.29, 1.82) is 0 Å². The van der Waals surface area contributed by atoms with Crippen LogP contribution in [-0.2, 0) is 10.2 Å². The third-order valence-corrected chi connectivity index (χ3v) is 6.22. The van der Waals surface area contributed by atoms with Gasteiger partial charge in [-0.05, 0) is 38.2 Å². The molecule has 0 N–H and O–H groups in total. The summed E-state index contributed by atoms with van der Waals surface area (Å²) in [5, 5.41) is 4.00. The standard InChI is InChI=1S/C23H24N4O2/c1-16-12-20(29-26-16)19-13-24-15-25-21(19)17-6-5-11-27(14-17)22(28)23(9-10-23)18-7-3-2-4-8-18/h2-4,7-8,12-13,15,17H,5-6,9-11,14H2,1H3/t17-/m1/s1. The third-order valence-electron chi connectivity index (χ3n) is 6.22. The van der Waals surface area contributed by atoms with Crippen LogP contribution in [0.2, 0.25) is 0 Å². The SMILES string of the molecule is Cc1cc(-c2cncnc2[C@@H]2CCCN(C(=O)C3(c4ccccc4)CC3)C2)on1. The van der Waals surface area contributed by atoms with Crippen LogP contribution >= 0.6 is 0 Å². The maximum Gasteiger partial charge on any atom is 0.233 e. The monoisotopic (exact) mass is 388 g/mol. The molecule has 5 rings (SSSR count). The lowest BCUT2D eigenvalue weighted by Gasteiger charge is -2.35. The summed E-state index contributed by atoms with van der Waals surface area (Å²) in [7, 11) is 0. The van der Waals surface area contributed by atoms with Crippen LogP contribution in [0, 0.1) is 6.92 Å². The summed E-state index contributed by atoms with van der Waals surface area (Å²) < 4.78 is 5.47. The average molecular weight is 388 g/mol. The highest BCUT2D eigenvalue weighted by Crippen LogP contribution is 2.50. The summed E-state index contributed by atoms with van der Waals surface area (Å²) in [6, 6.07) is 12.1. The van der Waals surface area contributed by atoms with Crippen molar-refractivity contribution >= 4 is 5.91 Å². The van der Waals surface area contributed by atoms with Crippen molar-refractivity contribution in [2.75, 3.05) is 13.1 Å². The molecule has 1 saturated carbocycles. The minimum Gasteiger partial charge on any atom is -0.356 e. The average Bonchev–Trinajstić information content (AvgIpc) is 3.48. The molecule has 2 aromatic heterocycles. The molecule has 6 nitrogen and oxygen atoms in total. The zero-order valence-corrected chi connectivity index (χ0v) is 16.5. The van der Waals surface area contributed by atoms with Gasteiger partial charge >= 0.3 is 0 Å². The van der Waals surface area contributed by atoms with Crippen LogP contribution in [0.15, 0.2) is 53.4 Å². The lowest BCUT2D eigenvalue weighted by molar-refractivity contribution is -0.135. The number of carbonyl (C=O) groups excluding carboxylic acids is 1. The number of likely N-dealkylation sites (tertiary alicyclic amines) is 1. The van der Waals surface area contributed by atoms with Crippen molar-refractivity contribution in [1.82, 2.24) is 20.0 Å². The van der Waals surface area contributed by atoms with E-state index in [-0.39, 0.29) is 17.2 Å². The Labute approximate surface area is 170 Å². The number of benzene rings is 1. The number of aromatic nitrogens is 3. The van der Waals surface area contributed by atoms with Gasteiger partial charge in [-0.15, -0.1) is 0 Å². The normalized spacial score (nSPS) is 20.4. The van der Waals surface area contributed by atoms with Gasteiger partial charge in [0.05, 0.1) is 22.4 Å². The summed E-state index contributed by atoms with van der Waals surface area (Å²) >= 11 is 0. The van der Waals surface area contributed by atoms with Gasteiger partial charge in [-0.1, -0.05) is 35.5 Å². The summed E-state index contributed by atoms with van der Waals surface area (Å²) in [5.41, 5.74) is 3.47. The van der Waals surface area contributed by atoms with E-state index in [1.54, 1.807) is 12.5 Å². The van der Waals surface area contributed by atoms with Gasteiger partial charge in [0, 0.05) is 31.3 Å². The van der Waals surface area contributed by atoms with Crippen molar-refractivity contribution in [3.63, 3.8) is 0 Å². The molecule has 1 saturated heterocycles. The highest BCUT2D eigenvalue weighted by Gasteiger charge is 2.53. The molecule has 2 aliphatic rings. The van der Waals surface area contributed by atoms with E-state index in [0.29, 0.717) is 12.3 Å². The van der Waals surface area contributed by atoms with Crippen molar-refractivity contribution in [3.05, 3.63) is 65.9 Å². The van der Waals surface area contributed by atoms with Gasteiger partial charge in [0.25, 0.3) is 0 Å². The number of aryl methyl sites for hydroxylation is 1. The Morgan fingerprint density at radius 2 is 2.07 bits per heavy atom. The molecule has 6 heteroatoms.